The second-order valence-electron chi connectivity index (χ2n) is 7.15. The SMILES string of the molecule is CSc1ccc(C)c(C(=O)N2CCN(S(=O)(=O)c3cc(C)ccc3C)CC2)c1. The van der Waals surface area contributed by atoms with E-state index in [0.717, 1.165) is 21.6 Å². The molecule has 0 saturated carbocycles. The van der Waals surface area contributed by atoms with E-state index in [1.54, 1.807) is 22.7 Å². The summed E-state index contributed by atoms with van der Waals surface area (Å²) in [6, 6.07) is 11.4. The predicted octanol–water partition coefficient (Wildman–Crippen LogP) is 3.48. The Balaban J connectivity index is 1.75. The van der Waals surface area contributed by atoms with Crippen molar-refractivity contribution in [2.24, 2.45) is 0 Å². The van der Waals surface area contributed by atoms with Gasteiger partial charge in [0.05, 0.1) is 4.90 Å². The molecule has 0 spiro atoms. The second-order valence-corrected chi connectivity index (χ2v) is 9.93. The van der Waals surface area contributed by atoms with Crippen molar-refractivity contribution in [1.82, 2.24) is 9.21 Å². The van der Waals surface area contributed by atoms with Gasteiger partial charge in [0.2, 0.25) is 10.0 Å². The van der Waals surface area contributed by atoms with Gasteiger partial charge in [0.15, 0.2) is 0 Å². The highest BCUT2D eigenvalue weighted by Gasteiger charge is 2.31. The normalized spacial score (nSPS) is 15.6. The minimum absolute atomic E-state index is 0.0304. The molecule has 150 valence electrons. The van der Waals surface area contributed by atoms with Crippen LogP contribution in [0.5, 0.6) is 0 Å². The van der Waals surface area contributed by atoms with E-state index in [1.807, 2.05) is 57.4 Å². The quantitative estimate of drug-likeness (QED) is 0.714. The number of nitrogens with zero attached hydrogens (tertiary/aromatic N) is 2. The van der Waals surface area contributed by atoms with Crippen molar-refractivity contribution in [3.8, 4) is 0 Å². The van der Waals surface area contributed by atoms with E-state index in [-0.39, 0.29) is 5.91 Å². The summed E-state index contributed by atoms with van der Waals surface area (Å²) in [5.41, 5.74) is 3.29. The zero-order chi connectivity index (χ0) is 20.5. The standard InChI is InChI=1S/C21H26N2O3S2/c1-15-5-6-17(3)20(13-15)28(25,26)23-11-9-22(10-12-23)21(24)19-14-18(27-4)8-7-16(19)2/h5-8,13-14H,9-12H2,1-4H3. The monoisotopic (exact) mass is 418 g/mol. The van der Waals surface area contributed by atoms with E-state index < -0.39 is 10.0 Å². The zero-order valence-corrected chi connectivity index (χ0v) is 18.4. The van der Waals surface area contributed by atoms with Gasteiger partial charge >= 0.3 is 0 Å². The Hall–Kier alpha value is -1.83. The van der Waals surface area contributed by atoms with Crippen LogP contribution in [0.2, 0.25) is 0 Å². The smallest absolute Gasteiger partial charge is 0.254 e. The van der Waals surface area contributed by atoms with Crippen molar-refractivity contribution in [1.29, 1.82) is 0 Å². The lowest BCUT2D eigenvalue weighted by atomic mass is 10.1. The van der Waals surface area contributed by atoms with Crippen LogP contribution in [-0.4, -0.2) is 56.0 Å². The van der Waals surface area contributed by atoms with E-state index in [9.17, 15) is 13.2 Å². The maximum absolute atomic E-state index is 13.1. The number of rotatable bonds is 4. The maximum atomic E-state index is 13.1. The van der Waals surface area contributed by atoms with Crippen molar-refractivity contribution in [2.45, 2.75) is 30.6 Å². The third-order valence-corrected chi connectivity index (χ3v) is 7.93. The Kier molecular flexibility index (Phi) is 6.17. The fourth-order valence-corrected chi connectivity index (χ4v) is 5.56. The van der Waals surface area contributed by atoms with Crippen molar-refractivity contribution in [2.75, 3.05) is 32.4 Å². The first-order valence-corrected chi connectivity index (χ1v) is 11.9. The van der Waals surface area contributed by atoms with Gasteiger partial charge in [0.25, 0.3) is 5.91 Å². The van der Waals surface area contributed by atoms with Crippen LogP contribution in [0.4, 0.5) is 0 Å². The summed E-state index contributed by atoms with van der Waals surface area (Å²) in [5, 5.41) is 0. The van der Waals surface area contributed by atoms with Gasteiger partial charge in [-0.15, -0.1) is 11.8 Å². The molecule has 1 amide bonds. The van der Waals surface area contributed by atoms with Crippen LogP contribution < -0.4 is 0 Å². The van der Waals surface area contributed by atoms with Gasteiger partial charge in [0.1, 0.15) is 0 Å². The molecule has 3 rings (SSSR count). The predicted molar refractivity (Wildman–Crippen MR) is 114 cm³/mol. The summed E-state index contributed by atoms with van der Waals surface area (Å²) in [6.07, 6.45) is 1.98. The third kappa shape index (κ3) is 4.11. The van der Waals surface area contributed by atoms with E-state index in [0.29, 0.717) is 36.6 Å². The molecule has 0 unspecified atom stereocenters. The topological polar surface area (TPSA) is 57.7 Å². The number of aryl methyl sites for hydroxylation is 3. The fraction of sp³-hybridized carbons (Fsp3) is 0.381. The van der Waals surface area contributed by atoms with Crippen LogP contribution in [0.15, 0.2) is 46.2 Å². The minimum Gasteiger partial charge on any atom is -0.336 e. The molecule has 0 bridgehead atoms. The Labute approximate surface area is 171 Å². The number of carbonyl (C=O) groups is 1. The van der Waals surface area contributed by atoms with Crippen LogP contribution in [0, 0.1) is 20.8 Å². The second kappa shape index (κ2) is 8.27. The molecule has 0 aromatic heterocycles. The maximum Gasteiger partial charge on any atom is 0.254 e. The number of piperazine rings is 1. The Morgan fingerprint density at radius 3 is 2.21 bits per heavy atom. The van der Waals surface area contributed by atoms with Crippen LogP contribution in [0.1, 0.15) is 27.0 Å². The van der Waals surface area contributed by atoms with Gasteiger partial charge < -0.3 is 4.90 Å². The lowest BCUT2D eigenvalue weighted by Crippen LogP contribution is -2.50. The van der Waals surface area contributed by atoms with Crippen LogP contribution in [0.3, 0.4) is 0 Å². The summed E-state index contributed by atoms with van der Waals surface area (Å²) < 4.78 is 27.6. The first-order valence-electron chi connectivity index (χ1n) is 9.25. The molecule has 0 atom stereocenters. The number of hydrogen-bond acceptors (Lipinski definition) is 4. The molecular weight excluding hydrogens is 392 g/mol. The molecule has 1 fully saturated rings. The van der Waals surface area contributed by atoms with Crippen molar-refractivity contribution in [3.63, 3.8) is 0 Å². The first kappa shape index (κ1) is 20.9. The lowest BCUT2D eigenvalue weighted by molar-refractivity contribution is 0.0697. The van der Waals surface area contributed by atoms with E-state index >= 15 is 0 Å². The summed E-state index contributed by atoms with van der Waals surface area (Å²) in [6.45, 7) is 7.04. The van der Waals surface area contributed by atoms with Gasteiger partial charge in [-0.3, -0.25) is 4.79 Å². The summed E-state index contributed by atoms with van der Waals surface area (Å²) in [7, 11) is -3.56. The van der Waals surface area contributed by atoms with Crippen molar-refractivity contribution in [3.05, 3.63) is 58.7 Å². The number of thioether (sulfide) groups is 1. The number of carbonyl (C=O) groups excluding carboxylic acids is 1. The first-order chi connectivity index (χ1) is 13.2. The third-order valence-electron chi connectivity index (χ3n) is 5.16. The highest BCUT2D eigenvalue weighted by atomic mass is 32.2. The van der Waals surface area contributed by atoms with E-state index in [1.165, 1.54) is 4.31 Å². The fourth-order valence-electron chi connectivity index (χ4n) is 3.38. The van der Waals surface area contributed by atoms with Gasteiger partial charge in [0, 0.05) is 36.6 Å². The van der Waals surface area contributed by atoms with E-state index in [2.05, 4.69) is 0 Å². The summed E-state index contributed by atoms with van der Waals surface area (Å²) >= 11 is 1.60. The molecule has 1 aliphatic rings. The Morgan fingerprint density at radius 2 is 1.57 bits per heavy atom. The van der Waals surface area contributed by atoms with Gasteiger partial charge in [-0.1, -0.05) is 18.2 Å². The molecule has 1 saturated heterocycles. The van der Waals surface area contributed by atoms with E-state index in [4.69, 9.17) is 0 Å². The molecule has 0 radical (unpaired) electrons. The molecule has 1 heterocycles. The zero-order valence-electron chi connectivity index (χ0n) is 16.7. The van der Waals surface area contributed by atoms with Gasteiger partial charge in [-0.05, 0) is 61.9 Å². The molecule has 0 aliphatic carbocycles. The van der Waals surface area contributed by atoms with Crippen LogP contribution in [0.25, 0.3) is 0 Å². The van der Waals surface area contributed by atoms with Crippen molar-refractivity contribution < 1.29 is 13.2 Å². The van der Waals surface area contributed by atoms with Crippen LogP contribution >= 0.6 is 11.8 Å². The Morgan fingerprint density at radius 1 is 0.929 bits per heavy atom. The molecule has 5 nitrogen and oxygen atoms in total. The summed E-state index contributed by atoms with van der Waals surface area (Å²) in [5.74, 6) is -0.0304. The Bertz CT molecular complexity index is 995. The van der Waals surface area contributed by atoms with Gasteiger partial charge in [-0.2, -0.15) is 4.31 Å². The van der Waals surface area contributed by atoms with Crippen molar-refractivity contribution >= 4 is 27.7 Å². The molecular formula is C21H26N2O3S2. The largest absolute Gasteiger partial charge is 0.336 e. The number of hydrogen-bond donors (Lipinski definition) is 0. The molecule has 1 aliphatic heterocycles. The average molecular weight is 419 g/mol. The van der Waals surface area contributed by atoms with Crippen LogP contribution in [-0.2, 0) is 10.0 Å². The highest BCUT2D eigenvalue weighted by Crippen LogP contribution is 2.24. The average Bonchev–Trinajstić information content (AvgIpc) is 2.69. The minimum atomic E-state index is -3.56. The molecule has 0 N–H and O–H groups in total. The molecule has 2 aromatic carbocycles. The number of benzene rings is 2. The summed E-state index contributed by atoms with van der Waals surface area (Å²) in [4.78, 5) is 16.1. The molecule has 28 heavy (non-hydrogen) atoms. The van der Waals surface area contributed by atoms with Gasteiger partial charge in [-0.25, -0.2) is 8.42 Å². The highest BCUT2D eigenvalue weighted by molar-refractivity contribution is 7.98. The number of sulfonamides is 1. The number of amides is 1. The molecule has 7 heteroatoms. The lowest BCUT2D eigenvalue weighted by Gasteiger charge is -2.34. The molecule has 2 aromatic rings.